The second-order valence-electron chi connectivity index (χ2n) is 7.93. The summed E-state index contributed by atoms with van der Waals surface area (Å²) in [6.07, 6.45) is 2.43. The summed E-state index contributed by atoms with van der Waals surface area (Å²) in [6, 6.07) is 21.1. The van der Waals surface area contributed by atoms with Crippen LogP contribution in [0.3, 0.4) is 0 Å². The summed E-state index contributed by atoms with van der Waals surface area (Å²) in [7, 11) is 0. The molecule has 3 aromatic rings. The number of aryl methyl sites for hydroxylation is 2. The lowest BCUT2D eigenvalue weighted by Gasteiger charge is -2.29. The van der Waals surface area contributed by atoms with E-state index in [1.807, 2.05) is 73.7 Å². The van der Waals surface area contributed by atoms with E-state index in [9.17, 15) is 9.59 Å². The van der Waals surface area contributed by atoms with Crippen LogP contribution in [0.25, 0.3) is 6.08 Å². The second-order valence-corrected chi connectivity index (χ2v) is 9.24. The lowest BCUT2D eigenvalue weighted by molar-refractivity contribution is -0.122. The van der Waals surface area contributed by atoms with Crippen LogP contribution in [0.15, 0.2) is 76.8 Å². The molecule has 1 heterocycles. The van der Waals surface area contributed by atoms with Crippen LogP contribution in [0, 0.1) is 6.92 Å². The summed E-state index contributed by atoms with van der Waals surface area (Å²) in [5, 5.41) is 2.69. The Morgan fingerprint density at radius 1 is 1.00 bits per heavy atom. The van der Waals surface area contributed by atoms with Gasteiger partial charge in [-0.1, -0.05) is 64.8 Å². The van der Waals surface area contributed by atoms with Gasteiger partial charge in [0.2, 0.25) is 0 Å². The molecule has 172 valence electrons. The number of nitrogens with one attached hydrogen (secondary N) is 1. The van der Waals surface area contributed by atoms with Crippen molar-refractivity contribution in [3.8, 4) is 5.75 Å². The molecule has 1 aliphatic rings. The van der Waals surface area contributed by atoms with Crippen LogP contribution in [0.5, 0.6) is 5.75 Å². The number of thiocarbonyl (C=S) groups is 1. The van der Waals surface area contributed by atoms with Crippen LogP contribution in [0.1, 0.15) is 29.2 Å². The van der Waals surface area contributed by atoms with Crippen LogP contribution in [0.4, 0.5) is 5.69 Å². The zero-order valence-corrected chi connectivity index (χ0v) is 21.2. The van der Waals surface area contributed by atoms with E-state index >= 15 is 0 Å². The monoisotopic (exact) mass is 534 g/mol. The number of halogens is 1. The minimum absolute atomic E-state index is 0.0218. The molecule has 1 fully saturated rings. The van der Waals surface area contributed by atoms with Gasteiger partial charge >= 0.3 is 0 Å². The number of carbonyl (C=O) groups is 2. The van der Waals surface area contributed by atoms with Gasteiger partial charge in [0.1, 0.15) is 17.9 Å². The molecule has 1 N–H and O–H groups in total. The Balaban J connectivity index is 1.65. The van der Waals surface area contributed by atoms with Crippen molar-refractivity contribution >= 4 is 56.8 Å². The van der Waals surface area contributed by atoms with E-state index < -0.39 is 11.8 Å². The molecule has 5 nitrogen and oxygen atoms in total. The standard InChI is InChI=1S/C27H23BrN2O3S/c1-3-18-8-11-22(12-9-18)30-26(32)23(25(31)29-27(30)34)15-20-14-21(28)10-13-24(20)33-16-19-6-4-17(2)5-7-19/h4-15H,3,16H2,1-2H3,(H,29,31,34)/b23-15+. The van der Waals surface area contributed by atoms with Crippen molar-refractivity contribution in [3.05, 3.63) is 99.0 Å². The fraction of sp³-hybridized carbons (Fsp3) is 0.148. The largest absolute Gasteiger partial charge is 0.488 e. The maximum absolute atomic E-state index is 13.4. The number of ether oxygens (including phenoxy) is 1. The smallest absolute Gasteiger partial charge is 0.270 e. The molecule has 4 rings (SSSR count). The number of hydrogen-bond acceptors (Lipinski definition) is 4. The number of benzene rings is 3. The first-order valence-corrected chi connectivity index (χ1v) is 12.0. The van der Waals surface area contributed by atoms with Crippen LogP contribution in [-0.2, 0) is 22.6 Å². The van der Waals surface area contributed by atoms with Crippen molar-refractivity contribution in [1.82, 2.24) is 5.32 Å². The van der Waals surface area contributed by atoms with Gasteiger partial charge in [0.25, 0.3) is 11.8 Å². The average molecular weight is 535 g/mol. The van der Waals surface area contributed by atoms with Crippen molar-refractivity contribution in [1.29, 1.82) is 0 Å². The molecular weight excluding hydrogens is 512 g/mol. The second kappa shape index (κ2) is 10.3. The minimum atomic E-state index is -0.541. The molecule has 1 aliphatic heterocycles. The lowest BCUT2D eigenvalue weighted by Crippen LogP contribution is -2.54. The predicted octanol–water partition coefficient (Wildman–Crippen LogP) is 5.73. The molecule has 0 spiro atoms. The number of anilines is 1. The Hall–Kier alpha value is -3.29. The van der Waals surface area contributed by atoms with Gasteiger partial charge < -0.3 is 4.74 Å². The summed E-state index contributed by atoms with van der Waals surface area (Å²) in [4.78, 5) is 27.4. The number of amides is 2. The van der Waals surface area contributed by atoms with Gasteiger partial charge in [0.15, 0.2) is 5.11 Å². The van der Waals surface area contributed by atoms with Gasteiger partial charge in [-0.05, 0) is 73.1 Å². The fourth-order valence-corrected chi connectivity index (χ4v) is 4.20. The van der Waals surface area contributed by atoms with Gasteiger partial charge in [0, 0.05) is 10.0 Å². The molecule has 0 saturated carbocycles. The van der Waals surface area contributed by atoms with Crippen LogP contribution in [0.2, 0.25) is 0 Å². The molecule has 3 aromatic carbocycles. The van der Waals surface area contributed by atoms with Gasteiger partial charge in [0.05, 0.1) is 5.69 Å². The van der Waals surface area contributed by atoms with E-state index in [0.29, 0.717) is 23.6 Å². The third kappa shape index (κ3) is 5.26. The Morgan fingerprint density at radius 2 is 1.68 bits per heavy atom. The van der Waals surface area contributed by atoms with Crippen molar-refractivity contribution in [3.63, 3.8) is 0 Å². The van der Waals surface area contributed by atoms with Crippen molar-refractivity contribution in [2.75, 3.05) is 4.90 Å². The first kappa shape index (κ1) is 23.9. The first-order valence-electron chi connectivity index (χ1n) is 10.8. The topological polar surface area (TPSA) is 58.6 Å². The zero-order chi connectivity index (χ0) is 24.2. The third-order valence-electron chi connectivity index (χ3n) is 5.49. The summed E-state index contributed by atoms with van der Waals surface area (Å²) in [5.41, 5.74) is 4.52. The Morgan fingerprint density at radius 3 is 2.35 bits per heavy atom. The lowest BCUT2D eigenvalue weighted by atomic mass is 10.1. The molecule has 0 radical (unpaired) electrons. The van der Waals surface area contributed by atoms with E-state index in [4.69, 9.17) is 17.0 Å². The number of rotatable bonds is 6. The number of carbonyl (C=O) groups excluding carboxylic acids is 2. The normalized spacial score (nSPS) is 15.0. The molecule has 0 bridgehead atoms. The SMILES string of the molecule is CCc1ccc(N2C(=O)/C(=C/c3cc(Br)ccc3OCc3ccc(C)cc3)C(=O)NC2=S)cc1. The maximum Gasteiger partial charge on any atom is 0.270 e. The molecule has 0 atom stereocenters. The first-order chi connectivity index (χ1) is 16.4. The summed E-state index contributed by atoms with van der Waals surface area (Å²) in [5.74, 6) is -0.466. The molecule has 1 saturated heterocycles. The quantitative estimate of drug-likeness (QED) is 0.249. The molecule has 2 amide bonds. The minimum Gasteiger partial charge on any atom is -0.488 e. The van der Waals surface area contributed by atoms with E-state index in [0.717, 1.165) is 22.0 Å². The van der Waals surface area contributed by atoms with Gasteiger partial charge in [-0.15, -0.1) is 0 Å². The van der Waals surface area contributed by atoms with Crippen molar-refractivity contribution < 1.29 is 14.3 Å². The maximum atomic E-state index is 13.4. The molecule has 0 unspecified atom stereocenters. The number of hydrogen-bond donors (Lipinski definition) is 1. The summed E-state index contributed by atoms with van der Waals surface area (Å²) in [6.45, 7) is 4.45. The summed E-state index contributed by atoms with van der Waals surface area (Å²) >= 11 is 8.77. The highest BCUT2D eigenvalue weighted by Crippen LogP contribution is 2.29. The highest BCUT2D eigenvalue weighted by atomic mass is 79.9. The molecule has 0 aromatic heterocycles. The van der Waals surface area contributed by atoms with Gasteiger partial charge in [-0.2, -0.15) is 0 Å². The highest BCUT2D eigenvalue weighted by molar-refractivity contribution is 9.10. The molecule has 34 heavy (non-hydrogen) atoms. The number of nitrogens with zero attached hydrogens (tertiary/aromatic N) is 1. The van der Waals surface area contributed by atoms with Crippen molar-refractivity contribution in [2.24, 2.45) is 0 Å². The van der Waals surface area contributed by atoms with Crippen LogP contribution >= 0.6 is 28.1 Å². The molecule has 0 aliphatic carbocycles. The van der Waals surface area contributed by atoms with Crippen LogP contribution < -0.4 is 15.0 Å². The van der Waals surface area contributed by atoms with Gasteiger partial charge in [-0.3, -0.25) is 19.8 Å². The fourth-order valence-electron chi connectivity index (χ4n) is 3.54. The van der Waals surface area contributed by atoms with Crippen LogP contribution in [-0.4, -0.2) is 16.9 Å². The summed E-state index contributed by atoms with van der Waals surface area (Å²) < 4.78 is 6.84. The van der Waals surface area contributed by atoms with Crippen molar-refractivity contribution in [2.45, 2.75) is 26.9 Å². The third-order valence-corrected chi connectivity index (χ3v) is 6.27. The van der Waals surface area contributed by atoms with E-state index in [-0.39, 0.29) is 10.7 Å². The van der Waals surface area contributed by atoms with E-state index in [2.05, 4.69) is 28.2 Å². The Labute approximate surface area is 212 Å². The molecular formula is C27H23BrN2O3S. The predicted molar refractivity (Wildman–Crippen MR) is 142 cm³/mol. The van der Waals surface area contributed by atoms with E-state index in [1.165, 1.54) is 10.5 Å². The van der Waals surface area contributed by atoms with Gasteiger partial charge in [-0.25, -0.2) is 0 Å². The average Bonchev–Trinajstić information content (AvgIpc) is 2.82. The Bertz CT molecular complexity index is 1280. The zero-order valence-electron chi connectivity index (χ0n) is 18.8. The Kier molecular flexibility index (Phi) is 7.24. The highest BCUT2D eigenvalue weighted by Gasteiger charge is 2.34. The van der Waals surface area contributed by atoms with E-state index in [1.54, 1.807) is 6.08 Å². The molecule has 7 heteroatoms.